The molecule has 7 heteroatoms. The van der Waals surface area contributed by atoms with Gasteiger partial charge in [-0.05, 0) is 30.7 Å². The average molecular weight is 425 g/mol. The summed E-state index contributed by atoms with van der Waals surface area (Å²) in [6.07, 6.45) is 0. The van der Waals surface area contributed by atoms with Crippen LogP contribution in [-0.4, -0.2) is 44.0 Å². The largest absolute Gasteiger partial charge is 0.497 e. The molecule has 30 heavy (non-hydrogen) atoms. The summed E-state index contributed by atoms with van der Waals surface area (Å²) in [5, 5.41) is 2.78. The Balaban J connectivity index is 1.73. The Morgan fingerprint density at radius 3 is 2.53 bits per heavy atom. The standard InChI is InChI=1S/C23H24N2O4S/c1-4-29-19-14-20(16-9-6-5-7-10-16)30-22(19)23(27)25(2)15-21(26)24-17-11-8-12-18(13-17)28-3/h5-14H,4,15H2,1-3H3,(H,24,26). The minimum Gasteiger partial charge on any atom is -0.497 e. The summed E-state index contributed by atoms with van der Waals surface area (Å²) in [6.45, 7) is 2.24. The van der Waals surface area contributed by atoms with E-state index in [1.807, 2.05) is 43.3 Å². The number of nitrogens with one attached hydrogen (secondary N) is 1. The third-order valence-corrected chi connectivity index (χ3v) is 5.48. The van der Waals surface area contributed by atoms with Gasteiger partial charge in [-0.1, -0.05) is 36.4 Å². The van der Waals surface area contributed by atoms with E-state index in [2.05, 4.69) is 5.32 Å². The van der Waals surface area contributed by atoms with Crippen LogP contribution in [0.2, 0.25) is 0 Å². The van der Waals surface area contributed by atoms with E-state index in [1.165, 1.54) is 16.2 Å². The molecule has 0 aliphatic carbocycles. The molecule has 3 rings (SSSR count). The van der Waals surface area contributed by atoms with E-state index in [9.17, 15) is 9.59 Å². The number of hydrogen-bond acceptors (Lipinski definition) is 5. The maximum atomic E-state index is 13.0. The first-order valence-corrected chi connectivity index (χ1v) is 10.3. The Morgan fingerprint density at radius 1 is 1.07 bits per heavy atom. The van der Waals surface area contributed by atoms with E-state index in [0.717, 1.165) is 10.4 Å². The first kappa shape index (κ1) is 21.4. The summed E-state index contributed by atoms with van der Waals surface area (Å²) >= 11 is 1.36. The molecule has 0 radical (unpaired) electrons. The summed E-state index contributed by atoms with van der Waals surface area (Å²) in [4.78, 5) is 28.3. The molecule has 1 heterocycles. The van der Waals surface area contributed by atoms with Gasteiger partial charge in [0, 0.05) is 23.7 Å². The number of rotatable bonds is 8. The highest BCUT2D eigenvalue weighted by Gasteiger charge is 2.23. The number of thiophene rings is 1. The van der Waals surface area contributed by atoms with E-state index < -0.39 is 0 Å². The number of ether oxygens (including phenoxy) is 2. The lowest BCUT2D eigenvalue weighted by atomic mass is 10.2. The molecule has 0 aliphatic rings. The quantitative estimate of drug-likeness (QED) is 0.577. The van der Waals surface area contributed by atoms with Crippen molar-refractivity contribution in [2.75, 3.05) is 32.6 Å². The first-order valence-electron chi connectivity index (χ1n) is 9.53. The molecule has 0 saturated heterocycles. The number of carbonyl (C=O) groups excluding carboxylic acids is 2. The number of amides is 2. The van der Waals surface area contributed by atoms with Gasteiger partial charge in [0.25, 0.3) is 5.91 Å². The fourth-order valence-electron chi connectivity index (χ4n) is 2.89. The van der Waals surface area contributed by atoms with Crippen LogP contribution >= 0.6 is 11.3 Å². The van der Waals surface area contributed by atoms with Crippen LogP contribution in [-0.2, 0) is 4.79 Å². The SMILES string of the molecule is CCOc1cc(-c2ccccc2)sc1C(=O)N(C)CC(=O)Nc1cccc(OC)c1. The Hall–Kier alpha value is -3.32. The smallest absolute Gasteiger partial charge is 0.267 e. The predicted molar refractivity (Wildman–Crippen MR) is 120 cm³/mol. The lowest BCUT2D eigenvalue weighted by Crippen LogP contribution is -2.34. The highest BCUT2D eigenvalue weighted by molar-refractivity contribution is 7.17. The molecule has 1 aromatic heterocycles. The Labute approximate surface area is 180 Å². The molecule has 0 atom stereocenters. The van der Waals surface area contributed by atoms with E-state index in [4.69, 9.17) is 9.47 Å². The lowest BCUT2D eigenvalue weighted by molar-refractivity contribution is -0.116. The fraction of sp³-hybridized carbons (Fsp3) is 0.217. The van der Waals surface area contributed by atoms with Crippen LogP contribution in [0.1, 0.15) is 16.6 Å². The van der Waals surface area contributed by atoms with E-state index >= 15 is 0 Å². The fourth-order valence-corrected chi connectivity index (χ4v) is 3.99. The summed E-state index contributed by atoms with van der Waals surface area (Å²) < 4.78 is 10.8. The molecule has 0 aliphatic heterocycles. The van der Waals surface area contributed by atoms with E-state index in [0.29, 0.717) is 28.7 Å². The minimum atomic E-state index is -0.295. The molecule has 156 valence electrons. The molecule has 2 aromatic carbocycles. The zero-order valence-corrected chi connectivity index (χ0v) is 18.0. The van der Waals surface area contributed by atoms with Crippen molar-refractivity contribution in [3.63, 3.8) is 0 Å². The van der Waals surface area contributed by atoms with Crippen molar-refractivity contribution in [2.24, 2.45) is 0 Å². The molecular formula is C23H24N2O4S. The second-order valence-electron chi connectivity index (χ2n) is 6.54. The maximum Gasteiger partial charge on any atom is 0.267 e. The Morgan fingerprint density at radius 2 is 1.83 bits per heavy atom. The van der Waals surface area contributed by atoms with Crippen molar-refractivity contribution in [3.05, 3.63) is 65.5 Å². The van der Waals surface area contributed by atoms with Gasteiger partial charge in [0.05, 0.1) is 20.3 Å². The highest BCUT2D eigenvalue weighted by Crippen LogP contribution is 2.37. The maximum absolute atomic E-state index is 13.0. The molecule has 2 amide bonds. The van der Waals surface area contributed by atoms with Crippen molar-refractivity contribution in [3.8, 4) is 21.9 Å². The van der Waals surface area contributed by atoms with Gasteiger partial charge < -0.3 is 19.7 Å². The van der Waals surface area contributed by atoms with Gasteiger partial charge in [0.2, 0.25) is 5.91 Å². The van der Waals surface area contributed by atoms with Gasteiger partial charge >= 0.3 is 0 Å². The van der Waals surface area contributed by atoms with Crippen LogP contribution in [0.5, 0.6) is 11.5 Å². The molecule has 0 fully saturated rings. The van der Waals surface area contributed by atoms with Gasteiger partial charge in [0.15, 0.2) is 0 Å². The number of hydrogen-bond donors (Lipinski definition) is 1. The van der Waals surface area contributed by atoms with Crippen LogP contribution < -0.4 is 14.8 Å². The molecule has 3 aromatic rings. The Bertz CT molecular complexity index is 1020. The van der Waals surface area contributed by atoms with Crippen LogP contribution in [0, 0.1) is 0 Å². The average Bonchev–Trinajstić information content (AvgIpc) is 3.18. The van der Waals surface area contributed by atoms with E-state index in [-0.39, 0.29) is 18.4 Å². The third kappa shape index (κ3) is 5.18. The second kappa shape index (κ2) is 9.93. The van der Waals surface area contributed by atoms with Gasteiger partial charge in [-0.2, -0.15) is 0 Å². The van der Waals surface area contributed by atoms with Crippen LogP contribution in [0.4, 0.5) is 5.69 Å². The molecule has 0 bridgehead atoms. The summed E-state index contributed by atoms with van der Waals surface area (Å²) in [5.74, 6) is 0.625. The van der Waals surface area contributed by atoms with Gasteiger partial charge in [-0.25, -0.2) is 0 Å². The van der Waals surface area contributed by atoms with Crippen molar-refractivity contribution >= 4 is 28.8 Å². The predicted octanol–water partition coefficient (Wildman–Crippen LogP) is 4.53. The number of anilines is 1. The zero-order valence-electron chi connectivity index (χ0n) is 17.2. The van der Waals surface area contributed by atoms with Gasteiger partial charge in [-0.3, -0.25) is 9.59 Å². The van der Waals surface area contributed by atoms with Crippen LogP contribution in [0.15, 0.2) is 60.7 Å². The number of nitrogens with zero attached hydrogens (tertiary/aromatic N) is 1. The zero-order chi connectivity index (χ0) is 21.5. The molecule has 0 saturated carbocycles. The normalized spacial score (nSPS) is 10.4. The summed E-state index contributed by atoms with van der Waals surface area (Å²) in [5.41, 5.74) is 1.62. The molecule has 6 nitrogen and oxygen atoms in total. The number of methoxy groups -OCH3 is 1. The summed E-state index contributed by atoms with van der Waals surface area (Å²) in [7, 11) is 3.17. The molecular weight excluding hydrogens is 400 g/mol. The van der Waals surface area contributed by atoms with Gasteiger partial charge in [0.1, 0.15) is 16.4 Å². The third-order valence-electron chi connectivity index (χ3n) is 4.33. The molecule has 1 N–H and O–H groups in total. The number of carbonyl (C=O) groups is 2. The van der Waals surface area contributed by atoms with Crippen molar-refractivity contribution in [2.45, 2.75) is 6.92 Å². The number of benzene rings is 2. The molecule has 0 unspecified atom stereocenters. The van der Waals surface area contributed by atoms with Crippen LogP contribution in [0.3, 0.4) is 0 Å². The van der Waals surface area contributed by atoms with Crippen molar-refractivity contribution in [1.29, 1.82) is 0 Å². The van der Waals surface area contributed by atoms with Gasteiger partial charge in [-0.15, -0.1) is 11.3 Å². The minimum absolute atomic E-state index is 0.0832. The highest BCUT2D eigenvalue weighted by atomic mass is 32.1. The Kier molecular flexibility index (Phi) is 7.08. The summed E-state index contributed by atoms with van der Waals surface area (Å²) in [6, 6.07) is 18.8. The topological polar surface area (TPSA) is 67.9 Å². The van der Waals surface area contributed by atoms with Crippen molar-refractivity contribution in [1.82, 2.24) is 4.90 Å². The van der Waals surface area contributed by atoms with E-state index in [1.54, 1.807) is 38.4 Å². The first-order chi connectivity index (χ1) is 14.5. The lowest BCUT2D eigenvalue weighted by Gasteiger charge is -2.17. The van der Waals surface area contributed by atoms with Crippen molar-refractivity contribution < 1.29 is 19.1 Å². The van der Waals surface area contributed by atoms with Crippen LogP contribution in [0.25, 0.3) is 10.4 Å². The molecule has 0 spiro atoms. The number of likely N-dealkylation sites (N-methyl/N-ethyl adjacent to an activating group) is 1. The second-order valence-corrected chi connectivity index (χ2v) is 7.60. The monoisotopic (exact) mass is 424 g/mol.